The van der Waals surface area contributed by atoms with Gasteiger partial charge in [0.15, 0.2) is 0 Å². The van der Waals surface area contributed by atoms with Crippen molar-refractivity contribution >= 4 is 12.1 Å². The van der Waals surface area contributed by atoms with E-state index in [1.807, 2.05) is 30.3 Å². The molecule has 1 saturated carbocycles. The molecule has 2 aliphatic rings. The molecule has 0 spiro atoms. The van der Waals surface area contributed by atoms with E-state index in [1.165, 1.54) is 12.8 Å². The SMILES string of the molecule is O=C(O)CC1CN(C2CC2)CCC1NC(=O)OCc1ccccc1. The van der Waals surface area contributed by atoms with Crippen LogP contribution in [0.25, 0.3) is 0 Å². The zero-order chi connectivity index (χ0) is 16.9. The van der Waals surface area contributed by atoms with E-state index in [1.54, 1.807) is 0 Å². The highest BCUT2D eigenvalue weighted by Crippen LogP contribution is 2.32. The van der Waals surface area contributed by atoms with Crippen molar-refractivity contribution in [2.24, 2.45) is 5.92 Å². The molecule has 1 aromatic carbocycles. The fraction of sp³-hybridized carbons (Fsp3) is 0.556. The average molecular weight is 332 g/mol. The number of piperidine rings is 1. The number of carboxylic acids is 1. The molecule has 1 heterocycles. The van der Waals surface area contributed by atoms with Crippen molar-refractivity contribution in [3.63, 3.8) is 0 Å². The maximum absolute atomic E-state index is 12.0. The van der Waals surface area contributed by atoms with Gasteiger partial charge >= 0.3 is 12.1 Å². The number of nitrogens with one attached hydrogen (secondary N) is 1. The smallest absolute Gasteiger partial charge is 0.407 e. The molecule has 2 unspecified atom stereocenters. The fourth-order valence-corrected chi connectivity index (χ4v) is 3.37. The summed E-state index contributed by atoms with van der Waals surface area (Å²) < 4.78 is 5.26. The van der Waals surface area contributed by atoms with Gasteiger partial charge in [0.25, 0.3) is 0 Å². The lowest BCUT2D eigenvalue weighted by atomic mass is 9.89. The summed E-state index contributed by atoms with van der Waals surface area (Å²) >= 11 is 0. The van der Waals surface area contributed by atoms with Crippen LogP contribution in [0.4, 0.5) is 4.79 Å². The van der Waals surface area contributed by atoms with Crippen LogP contribution in [0.3, 0.4) is 0 Å². The van der Waals surface area contributed by atoms with Gasteiger partial charge in [-0.3, -0.25) is 9.69 Å². The number of likely N-dealkylation sites (tertiary alicyclic amines) is 1. The molecule has 24 heavy (non-hydrogen) atoms. The third-order valence-electron chi connectivity index (χ3n) is 4.78. The molecule has 0 radical (unpaired) electrons. The van der Waals surface area contributed by atoms with Crippen molar-refractivity contribution in [1.29, 1.82) is 0 Å². The van der Waals surface area contributed by atoms with E-state index in [4.69, 9.17) is 9.84 Å². The predicted molar refractivity (Wildman–Crippen MR) is 88.5 cm³/mol. The lowest BCUT2D eigenvalue weighted by Gasteiger charge is -2.38. The Morgan fingerprint density at radius 1 is 1.21 bits per heavy atom. The molecule has 3 rings (SSSR count). The minimum atomic E-state index is -0.818. The third-order valence-corrected chi connectivity index (χ3v) is 4.78. The highest BCUT2D eigenvalue weighted by molar-refractivity contribution is 5.69. The first kappa shape index (κ1) is 16.8. The van der Waals surface area contributed by atoms with E-state index >= 15 is 0 Å². The lowest BCUT2D eigenvalue weighted by Crippen LogP contribution is -2.52. The Hall–Kier alpha value is -2.08. The van der Waals surface area contributed by atoms with Crippen molar-refractivity contribution in [3.05, 3.63) is 35.9 Å². The Balaban J connectivity index is 1.51. The van der Waals surface area contributed by atoms with Gasteiger partial charge in [-0.1, -0.05) is 30.3 Å². The van der Waals surface area contributed by atoms with Gasteiger partial charge in [0.2, 0.25) is 0 Å². The van der Waals surface area contributed by atoms with Crippen LogP contribution in [0.15, 0.2) is 30.3 Å². The molecule has 0 aromatic heterocycles. The summed E-state index contributed by atoms with van der Waals surface area (Å²) in [6.45, 7) is 1.86. The number of nitrogens with zero attached hydrogens (tertiary/aromatic N) is 1. The summed E-state index contributed by atoms with van der Waals surface area (Å²) in [6.07, 6.45) is 2.79. The van der Waals surface area contributed by atoms with Crippen LogP contribution in [0.5, 0.6) is 0 Å². The summed E-state index contributed by atoms with van der Waals surface area (Å²) in [4.78, 5) is 25.6. The summed E-state index contributed by atoms with van der Waals surface area (Å²) in [5, 5.41) is 12.0. The molecule has 2 atom stereocenters. The maximum atomic E-state index is 12.0. The molecule has 1 aromatic rings. The average Bonchev–Trinajstić information content (AvgIpc) is 3.40. The van der Waals surface area contributed by atoms with Crippen LogP contribution in [-0.4, -0.2) is 47.2 Å². The van der Waals surface area contributed by atoms with Crippen LogP contribution >= 0.6 is 0 Å². The molecule has 1 saturated heterocycles. The fourth-order valence-electron chi connectivity index (χ4n) is 3.37. The first-order valence-corrected chi connectivity index (χ1v) is 8.55. The van der Waals surface area contributed by atoms with E-state index in [0.29, 0.717) is 6.04 Å². The van der Waals surface area contributed by atoms with Gasteiger partial charge in [-0.15, -0.1) is 0 Å². The van der Waals surface area contributed by atoms with Crippen LogP contribution in [0.2, 0.25) is 0 Å². The van der Waals surface area contributed by atoms with E-state index in [9.17, 15) is 9.59 Å². The largest absolute Gasteiger partial charge is 0.481 e. The summed E-state index contributed by atoms with van der Waals surface area (Å²) in [6, 6.07) is 9.98. The van der Waals surface area contributed by atoms with Gasteiger partial charge in [0.1, 0.15) is 6.61 Å². The molecular weight excluding hydrogens is 308 g/mol. The number of benzene rings is 1. The quantitative estimate of drug-likeness (QED) is 0.835. The van der Waals surface area contributed by atoms with Crippen molar-refractivity contribution in [2.45, 2.75) is 44.4 Å². The van der Waals surface area contributed by atoms with Crippen molar-refractivity contribution in [2.75, 3.05) is 13.1 Å². The van der Waals surface area contributed by atoms with E-state index in [0.717, 1.165) is 25.1 Å². The molecule has 130 valence electrons. The Kier molecular flexibility index (Phi) is 5.35. The number of aliphatic carboxylic acids is 1. The Morgan fingerprint density at radius 3 is 2.62 bits per heavy atom. The highest BCUT2D eigenvalue weighted by Gasteiger charge is 2.38. The molecule has 2 N–H and O–H groups in total. The molecule has 6 nitrogen and oxygen atoms in total. The van der Waals surface area contributed by atoms with Gasteiger partial charge in [0, 0.05) is 31.1 Å². The number of alkyl carbamates (subject to hydrolysis) is 1. The van der Waals surface area contributed by atoms with Gasteiger partial charge in [-0.2, -0.15) is 0 Å². The zero-order valence-electron chi connectivity index (χ0n) is 13.7. The monoisotopic (exact) mass is 332 g/mol. The topological polar surface area (TPSA) is 78.9 Å². The minimum Gasteiger partial charge on any atom is -0.481 e. The van der Waals surface area contributed by atoms with Crippen molar-refractivity contribution < 1.29 is 19.4 Å². The van der Waals surface area contributed by atoms with E-state index < -0.39 is 12.1 Å². The first-order valence-electron chi connectivity index (χ1n) is 8.55. The number of carbonyl (C=O) groups is 2. The molecule has 1 aliphatic carbocycles. The van der Waals surface area contributed by atoms with Crippen molar-refractivity contribution in [3.8, 4) is 0 Å². The van der Waals surface area contributed by atoms with Crippen LogP contribution in [0, 0.1) is 5.92 Å². The van der Waals surface area contributed by atoms with Gasteiger partial charge in [-0.05, 0) is 24.8 Å². The Bertz CT molecular complexity index is 574. The molecule has 0 bridgehead atoms. The number of hydrogen-bond acceptors (Lipinski definition) is 4. The second-order valence-corrected chi connectivity index (χ2v) is 6.69. The lowest BCUT2D eigenvalue weighted by molar-refractivity contribution is -0.138. The Labute approximate surface area is 141 Å². The second kappa shape index (κ2) is 7.66. The van der Waals surface area contributed by atoms with Gasteiger partial charge < -0.3 is 15.2 Å². The van der Waals surface area contributed by atoms with Crippen molar-refractivity contribution in [1.82, 2.24) is 10.2 Å². The van der Waals surface area contributed by atoms with Crippen LogP contribution in [0.1, 0.15) is 31.2 Å². The van der Waals surface area contributed by atoms with E-state index in [2.05, 4.69) is 10.2 Å². The summed E-state index contributed by atoms with van der Waals surface area (Å²) in [5.41, 5.74) is 0.929. The molecule has 1 aliphatic heterocycles. The number of hydrogen-bond donors (Lipinski definition) is 2. The van der Waals surface area contributed by atoms with Gasteiger partial charge in [-0.25, -0.2) is 4.79 Å². The zero-order valence-corrected chi connectivity index (χ0v) is 13.7. The van der Waals surface area contributed by atoms with Gasteiger partial charge in [0.05, 0.1) is 6.42 Å². The van der Waals surface area contributed by atoms with E-state index in [-0.39, 0.29) is 25.0 Å². The number of ether oxygens (including phenoxy) is 1. The highest BCUT2D eigenvalue weighted by atomic mass is 16.5. The predicted octanol–water partition coefficient (Wildman–Crippen LogP) is 2.24. The molecule has 6 heteroatoms. The maximum Gasteiger partial charge on any atom is 0.407 e. The summed E-state index contributed by atoms with van der Waals surface area (Å²) in [5.74, 6) is -0.886. The number of carboxylic acid groups (broad SMARTS) is 1. The standard InChI is InChI=1S/C18H24N2O4/c21-17(22)10-14-11-20(15-6-7-15)9-8-16(14)19-18(23)24-12-13-4-2-1-3-5-13/h1-5,14-16H,6-12H2,(H,19,23)(H,21,22). The number of carbonyl (C=O) groups excluding carboxylic acids is 1. The van der Waals surface area contributed by atoms with Crippen LogP contribution < -0.4 is 5.32 Å². The summed E-state index contributed by atoms with van der Waals surface area (Å²) in [7, 11) is 0. The third kappa shape index (κ3) is 4.71. The normalized spacial score (nSPS) is 24.3. The minimum absolute atomic E-state index is 0.0684. The number of rotatable bonds is 6. The second-order valence-electron chi connectivity index (χ2n) is 6.69. The molecule has 1 amide bonds. The van der Waals surface area contributed by atoms with Crippen LogP contribution in [-0.2, 0) is 16.1 Å². The first-order chi connectivity index (χ1) is 11.6. The molecular formula is C18H24N2O4. The Morgan fingerprint density at radius 2 is 1.96 bits per heavy atom. The molecule has 2 fully saturated rings. The number of amides is 1.